The Morgan fingerprint density at radius 1 is 1.24 bits per heavy atom. The van der Waals surface area contributed by atoms with Gasteiger partial charge in [0.2, 0.25) is 18.4 Å². The highest BCUT2D eigenvalue weighted by Gasteiger charge is 2.20. The van der Waals surface area contributed by atoms with Crippen LogP contribution >= 0.6 is 11.3 Å². The normalized spacial score (nSPS) is 12.0. The Labute approximate surface area is 166 Å². The lowest BCUT2D eigenvalue weighted by Gasteiger charge is -2.08. The number of hydrogen-bond acceptors (Lipinski definition) is 8. The zero-order valence-corrected chi connectivity index (χ0v) is 15.4. The summed E-state index contributed by atoms with van der Waals surface area (Å²) in [4.78, 5) is 41.5. The maximum absolute atomic E-state index is 12.5. The van der Waals surface area contributed by atoms with E-state index in [0.29, 0.717) is 28.3 Å². The first-order valence-corrected chi connectivity index (χ1v) is 9.18. The molecule has 1 amide bonds. The summed E-state index contributed by atoms with van der Waals surface area (Å²) in [5.74, 6) is -1.75. The fourth-order valence-electron chi connectivity index (χ4n) is 2.75. The molecule has 29 heavy (non-hydrogen) atoms. The zero-order chi connectivity index (χ0) is 20.5. The molecule has 0 saturated heterocycles. The fraction of sp³-hybridized carbons (Fsp3) is 0.111. The number of anilines is 1. The molecule has 0 fully saturated rings. The van der Waals surface area contributed by atoms with Crippen LogP contribution in [0.4, 0.5) is 5.69 Å². The summed E-state index contributed by atoms with van der Waals surface area (Å²) in [5.41, 5.74) is -0.365. The molecule has 0 radical (unpaired) electrons. The summed E-state index contributed by atoms with van der Waals surface area (Å²) >= 11 is 1.23. The third kappa shape index (κ3) is 3.62. The Hall–Kier alpha value is -3.86. The van der Waals surface area contributed by atoms with Crippen LogP contribution in [0.2, 0.25) is 0 Å². The molecule has 1 aliphatic heterocycles. The van der Waals surface area contributed by atoms with Crippen LogP contribution in [0.25, 0.3) is 11.4 Å². The Morgan fingerprint density at radius 2 is 2.03 bits per heavy atom. The number of amides is 1. The van der Waals surface area contributed by atoms with Crippen molar-refractivity contribution in [3.05, 3.63) is 50.6 Å². The molecule has 1 aliphatic rings. The minimum Gasteiger partial charge on any atom is -0.501 e. The lowest BCUT2D eigenvalue weighted by molar-refractivity contribution is -0.115. The summed E-state index contributed by atoms with van der Waals surface area (Å²) in [7, 11) is 0. The molecule has 0 saturated carbocycles. The number of aromatic hydroxyl groups is 1. The van der Waals surface area contributed by atoms with Gasteiger partial charge in [0.25, 0.3) is 5.56 Å². The highest BCUT2D eigenvalue weighted by molar-refractivity contribution is 7.08. The number of carboxylic acid groups (broad SMARTS) is 1. The second kappa shape index (κ2) is 7.28. The molecule has 0 spiro atoms. The van der Waals surface area contributed by atoms with Crippen LogP contribution in [0, 0.1) is 0 Å². The highest BCUT2D eigenvalue weighted by Crippen LogP contribution is 2.33. The van der Waals surface area contributed by atoms with E-state index in [2.05, 4.69) is 15.3 Å². The number of carbonyl (C=O) groups is 2. The van der Waals surface area contributed by atoms with E-state index in [4.69, 9.17) is 14.6 Å². The van der Waals surface area contributed by atoms with Gasteiger partial charge in [0, 0.05) is 10.8 Å². The molecule has 4 N–H and O–H groups in total. The summed E-state index contributed by atoms with van der Waals surface area (Å²) in [5, 5.41) is 24.6. The molecular formula is C18H13N3O7S. The van der Waals surface area contributed by atoms with Gasteiger partial charge < -0.3 is 30.0 Å². The third-order valence-corrected chi connectivity index (χ3v) is 4.83. The number of H-pyrrole nitrogens is 1. The number of nitrogens with zero attached hydrogens (tertiary/aromatic N) is 1. The van der Waals surface area contributed by atoms with Crippen LogP contribution in [0.5, 0.6) is 17.2 Å². The van der Waals surface area contributed by atoms with Gasteiger partial charge in [-0.25, -0.2) is 9.78 Å². The van der Waals surface area contributed by atoms with Crippen molar-refractivity contribution in [3.63, 3.8) is 0 Å². The topological polar surface area (TPSA) is 151 Å². The summed E-state index contributed by atoms with van der Waals surface area (Å²) in [6, 6.07) is 5.19. The third-order valence-electron chi connectivity index (χ3n) is 4.09. The lowest BCUT2D eigenvalue weighted by Crippen LogP contribution is -2.17. The molecule has 10 nitrogen and oxygen atoms in total. The van der Waals surface area contributed by atoms with E-state index >= 15 is 0 Å². The number of carbonyl (C=O) groups excluding carboxylic acids is 1. The molecule has 2 aromatic heterocycles. The SMILES string of the molecule is O=C(Cc1ccc2c(c1)OCO2)Nc1cscc1-c1nc(C(=O)O)c(O)c(=O)[nH]1. The minimum absolute atomic E-state index is 0.0613. The molecule has 3 heterocycles. The van der Waals surface area contributed by atoms with Crippen molar-refractivity contribution in [1.29, 1.82) is 0 Å². The fourth-order valence-corrected chi connectivity index (χ4v) is 3.52. The summed E-state index contributed by atoms with van der Waals surface area (Å²) in [6.07, 6.45) is 0.0613. The van der Waals surface area contributed by atoms with Crippen molar-refractivity contribution in [2.75, 3.05) is 12.1 Å². The number of nitrogens with one attached hydrogen (secondary N) is 2. The van der Waals surface area contributed by atoms with Crippen molar-refractivity contribution in [2.24, 2.45) is 0 Å². The van der Waals surface area contributed by atoms with Gasteiger partial charge in [-0.1, -0.05) is 6.07 Å². The summed E-state index contributed by atoms with van der Waals surface area (Å²) in [6.45, 7) is 0.138. The number of carboxylic acids is 1. The van der Waals surface area contributed by atoms with Crippen LogP contribution in [0.1, 0.15) is 16.1 Å². The van der Waals surface area contributed by atoms with E-state index < -0.39 is 23.0 Å². The quantitative estimate of drug-likeness (QED) is 0.493. The van der Waals surface area contributed by atoms with Crippen LogP contribution in [0.3, 0.4) is 0 Å². The average Bonchev–Trinajstić information content (AvgIpc) is 3.32. The van der Waals surface area contributed by atoms with Gasteiger partial charge in [0.15, 0.2) is 17.2 Å². The Morgan fingerprint density at radius 3 is 2.83 bits per heavy atom. The monoisotopic (exact) mass is 415 g/mol. The van der Waals surface area contributed by atoms with Crippen LogP contribution in [-0.4, -0.2) is 38.9 Å². The van der Waals surface area contributed by atoms with E-state index in [1.54, 1.807) is 29.0 Å². The van der Waals surface area contributed by atoms with E-state index in [-0.39, 0.29) is 24.9 Å². The maximum atomic E-state index is 12.5. The van der Waals surface area contributed by atoms with Gasteiger partial charge >= 0.3 is 5.97 Å². The van der Waals surface area contributed by atoms with Gasteiger partial charge in [-0.2, -0.15) is 0 Å². The lowest BCUT2D eigenvalue weighted by atomic mass is 10.1. The van der Waals surface area contributed by atoms with E-state index in [1.165, 1.54) is 11.3 Å². The van der Waals surface area contributed by atoms with Crippen LogP contribution in [0.15, 0.2) is 33.8 Å². The average molecular weight is 415 g/mol. The van der Waals surface area contributed by atoms with Gasteiger partial charge in [-0.15, -0.1) is 11.3 Å². The van der Waals surface area contributed by atoms with Gasteiger partial charge in [0.05, 0.1) is 17.7 Å². The highest BCUT2D eigenvalue weighted by atomic mass is 32.1. The first-order chi connectivity index (χ1) is 13.9. The smallest absolute Gasteiger partial charge is 0.358 e. The molecule has 0 atom stereocenters. The Kier molecular flexibility index (Phi) is 4.64. The van der Waals surface area contributed by atoms with E-state index in [0.717, 1.165) is 0 Å². The van der Waals surface area contributed by atoms with Crippen molar-refractivity contribution in [1.82, 2.24) is 9.97 Å². The number of fused-ring (bicyclic) bond motifs is 1. The maximum Gasteiger partial charge on any atom is 0.358 e. The summed E-state index contributed by atoms with van der Waals surface area (Å²) < 4.78 is 10.5. The molecule has 4 rings (SSSR count). The number of ether oxygens (including phenoxy) is 2. The molecular weight excluding hydrogens is 402 g/mol. The number of hydrogen-bond donors (Lipinski definition) is 4. The second-order valence-electron chi connectivity index (χ2n) is 6.03. The van der Waals surface area contributed by atoms with Crippen LogP contribution < -0.4 is 20.3 Å². The molecule has 11 heteroatoms. The largest absolute Gasteiger partial charge is 0.501 e. The predicted octanol–water partition coefficient (Wildman–Crippen LogP) is 1.81. The molecule has 3 aromatic rings. The zero-order valence-electron chi connectivity index (χ0n) is 14.6. The van der Waals surface area contributed by atoms with Gasteiger partial charge in [-0.05, 0) is 17.7 Å². The van der Waals surface area contributed by atoms with Gasteiger partial charge in [0.1, 0.15) is 5.82 Å². The van der Waals surface area contributed by atoms with Crippen molar-refractivity contribution in [3.8, 4) is 28.6 Å². The number of aromatic carboxylic acids is 1. The van der Waals surface area contributed by atoms with Crippen molar-refractivity contribution in [2.45, 2.75) is 6.42 Å². The molecule has 148 valence electrons. The first-order valence-electron chi connectivity index (χ1n) is 8.24. The van der Waals surface area contributed by atoms with Crippen LogP contribution in [-0.2, 0) is 11.2 Å². The standard InChI is InChI=1S/C18H13N3O7S/c22-13(4-8-1-2-11-12(3-8)28-7-27-11)19-10-6-29-5-9(10)16-20-14(18(25)26)15(23)17(24)21-16/h1-3,5-6,23H,4,7H2,(H,19,22)(H,25,26)(H,20,21,24). The number of benzene rings is 1. The van der Waals surface area contributed by atoms with Gasteiger partial charge in [-0.3, -0.25) is 9.59 Å². The number of aromatic amines is 1. The Bertz CT molecular complexity index is 1180. The second-order valence-corrected chi connectivity index (χ2v) is 6.77. The number of rotatable bonds is 5. The minimum atomic E-state index is -1.54. The van der Waals surface area contributed by atoms with Crippen molar-refractivity contribution >= 4 is 28.9 Å². The molecule has 0 unspecified atom stereocenters. The Balaban J connectivity index is 1.56. The number of thiophene rings is 1. The molecule has 0 aliphatic carbocycles. The van der Waals surface area contributed by atoms with Crippen molar-refractivity contribution < 1.29 is 29.3 Å². The van der Waals surface area contributed by atoms with E-state index in [9.17, 15) is 19.5 Å². The first kappa shape index (κ1) is 18.5. The molecule has 0 bridgehead atoms. The molecule has 1 aromatic carbocycles. The predicted molar refractivity (Wildman–Crippen MR) is 102 cm³/mol. The number of aromatic nitrogens is 2. The van der Waals surface area contributed by atoms with E-state index in [1.807, 2.05) is 0 Å².